The van der Waals surface area contributed by atoms with Gasteiger partial charge in [0.05, 0.1) is 12.2 Å². The highest BCUT2D eigenvalue weighted by Gasteiger charge is 2.43. The second-order valence-corrected chi connectivity index (χ2v) is 3.36. The summed E-state index contributed by atoms with van der Waals surface area (Å²) in [6.45, 7) is 0. The fourth-order valence-corrected chi connectivity index (χ4v) is 2.01. The molecule has 1 saturated heterocycles. The van der Waals surface area contributed by atoms with Crippen molar-refractivity contribution in [3.63, 3.8) is 0 Å². The van der Waals surface area contributed by atoms with Gasteiger partial charge in [0.1, 0.15) is 10.5 Å². The van der Waals surface area contributed by atoms with Crippen LogP contribution in [0.25, 0.3) is 0 Å². The Morgan fingerprint density at radius 2 is 2.22 bits per heavy atom. The zero-order valence-corrected chi connectivity index (χ0v) is 7.67. The Kier molecular flexibility index (Phi) is 1.36. The van der Waals surface area contributed by atoms with Crippen LogP contribution in [0, 0.1) is 0 Å². The van der Waals surface area contributed by atoms with E-state index in [2.05, 4.69) is 0 Å². The van der Waals surface area contributed by atoms with Crippen molar-refractivity contribution in [1.29, 1.82) is 0 Å². The van der Waals surface area contributed by atoms with E-state index in [1.54, 1.807) is 0 Å². The molecule has 2 aliphatic rings. The Morgan fingerprint density at radius 1 is 1.33 bits per heavy atom. The maximum absolute atomic E-state index is 5.35. The van der Waals surface area contributed by atoms with E-state index in [4.69, 9.17) is 9.16 Å². The third-order valence-electron chi connectivity index (χ3n) is 2.29. The Hall–Kier alpha value is 0.137. The lowest BCUT2D eigenvalue weighted by molar-refractivity contribution is 0.180. The molecule has 52 valence electrons. The summed E-state index contributed by atoms with van der Waals surface area (Å²) in [5.74, 6) is 0. The van der Waals surface area contributed by atoms with E-state index in [0.717, 1.165) is 16.9 Å². The normalized spacial score (nSPS) is 48.7. The van der Waals surface area contributed by atoms with Gasteiger partial charge in [-0.1, -0.05) is 0 Å². The van der Waals surface area contributed by atoms with Crippen molar-refractivity contribution < 1.29 is 9.16 Å². The van der Waals surface area contributed by atoms with Crippen LogP contribution in [0.4, 0.5) is 0 Å². The minimum Gasteiger partial charge on any atom is -0.425 e. The fourth-order valence-electron chi connectivity index (χ4n) is 1.58. The van der Waals surface area contributed by atoms with Gasteiger partial charge < -0.3 is 9.16 Å². The van der Waals surface area contributed by atoms with Gasteiger partial charge in [-0.05, 0) is 12.8 Å². The first-order valence-electron chi connectivity index (χ1n) is 3.58. The summed E-state index contributed by atoms with van der Waals surface area (Å²) in [7, 11) is 0.884. The molecule has 0 aromatic rings. The van der Waals surface area contributed by atoms with Crippen LogP contribution < -0.4 is 0 Å². The standard InChI is InChI=1S/C6H12O2Si/c9-8-4-1-2-5-6(3-4)7-5/h4-6H,1-3H2,9H3/t4-,5-,6+/m1/s1. The largest absolute Gasteiger partial charge is 0.425 e. The van der Waals surface area contributed by atoms with Gasteiger partial charge in [-0.2, -0.15) is 0 Å². The number of hydrogen-bond acceptors (Lipinski definition) is 2. The zero-order chi connectivity index (χ0) is 6.27. The Bertz CT molecular complexity index is 118. The maximum atomic E-state index is 5.35. The lowest BCUT2D eigenvalue weighted by Crippen LogP contribution is -2.20. The summed E-state index contributed by atoms with van der Waals surface area (Å²) in [6.07, 6.45) is 5.37. The maximum Gasteiger partial charge on any atom is 0.146 e. The minimum absolute atomic E-state index is 0.542. The molecule has 1 aliphatic carbocycles. The third kappa shape index (κ3) is 1.04. The molecule has 0 radical (unpaired) electrons. The minimum atomic E-state index is 0.542. The first-order chi connectivity index (χ1) is 4.40. The van der Waals surface area contributed by atoms with Crippen LogP contribution in [0.2, 0.25) is 0 Å². The monoisotopic (exact) mass is 144 g/mol. The number of fused-ring (bicyclic) bond motifs is 1. The fraction of sp³-hybridized carbons (Fsp3) is 1.00. The average molecular weight is 144 g/mol. The predicted molar refractivity (Wildman–Crippen MR) is 37.3 cm³/mol. The third-order valence-corrected chi connectivity index (χ3v) is 2.96. The number of ether oxygens (including phenoxy) is 1. The molecule has 0 spiro atoms. The van der Waals surface area contributed by atoms with Gasteiger partial charge in [-0.15, -0.1) is 0 Å². The van der Waals surface area contributed by atoms with Crippen molar-refractivity contribution in [2.75, 3.05) is 0 Å². The topological polar surface area (TPSA) is 21.8 Å². The van der Waals surface area contributed by atoms with Gasteiger partial charge in [-0.25, -0.2) is 0 Å². The molecule has 0 amide bonds. The van der Waals surface area contributed by atoms with E-state index in [1.807, 2.05) is 0 Å². The molecule has 2 nitrogen and oxygen atoms in total. The van der Waals surface area contributed by atoms with Crippen LogP contribution in [-0.4, -0.2) is 28.8 Å². The highest BCUT2D eigenvalue weighted by atomic mass is 28.2. The van der Waals surface area contributed by atoms with E-state index in [0.29, 0.717) is 18.3 Å². The molecule has 3 atom stereocenters. The molecule has 0 unspecified atom stereocenters. The van der Waals surface area contributed by atoms with Crippen LogP contribution in [0.1, 0.15) is 19.3 Å². The van der Waals surface area contributed by atoms with Crippen LogP contribution in [0.5, 0.6) is 0 Å². The summed E-state index contributed by atoms with van der Waals surface area (Å²) in [5, 5.41) is 0. The van der Waals surface area contributed by atoms with Crippen molar-refractivity contribution in [3.8, 4) is 0 Å². The molecule has 1 saturated carbocycles. The quantitative estimate of drug-likeness (QED) is 0.369. The summed E-state index contributed by atoms with van der Waals surface area (Å²) in [6, 6.07) is 0. The van der Waals surface area contributed by atoms with Crippen LogP contribution in [-0.2, 0) is 9.16 Å². The van der Waals surface area contributed by atoms with Crippen molar-refractivity contribution in [3.05, 3.63) is 0 Å². The smallest absolute Gasteiger partial charge is 0.146 e. The average Bonchev–Trinajstić information content (AvgIpc) is 2.64. The first-order valence-corrected chi connectivity index (χ1v) is 4.40. The van der Waals surface area contributed by atoms with E-state index >= 15 is 0 Å². The molecule has 3 heteroatoms. The van der Waals surface area contributed by atoms with Gasteiger partial charge in [0, 0.05) is 12.5 Å². The van der Waals surface area contributed by atoms with Gasteiger partial charge in [0.15, 0.2) is 0 Å². The zero-order valence-electron chi connectivity index (χ0n) is 5.67. The molecule has 1 heterocycles. The molecule has 0 N–H and O–H groups in total. The summed E-state index contributed by atoms with van der Waals surface area (Å²) in [4.78, 5) is 0. The van der Waals surface area contributed by atoms with E-state index in [9.17, 15) is 0 Å². The second kappa shape index (κ2) is 2.07. The van der Waals surface area contributed by atoms with Crippen LogP contribution in [0.3, 0.4) is 0 Å². The first kappa shape index (κ1) is 5.89. The molecule has 0 bridgehead atoms. The molecule has 9 heavy (non-hydrogen) atoms. The van der Waals surface area contributed by atoms with Crippen molar-refractivity contribution in [2.45, 2.75) is 37.6 Å². The SMILES string of the molecule is [SiH3]O[C@@H]1CC[C@H]2O[C@H]2C1. The Morgan fingerprint density at radius 3 is 2.89 bits per heavy atom. The molecule has 2 rings (SSSR count). The predicted octanol–water partition coefficient (Wildman–Crippen LogP) is -0.397. The summed E-state index contributed by atoms with van der Waals surface area (Å²) in [5.41, 5.74) is 0. The van der Waals surface area contributed by atoms with Crippen molar-refractivity contribution in [2.24, 2.45) is 0 Å². The van der Waals surface area contributed by atoms with Crippen LogP contribution >= 0.6 is 0 Å². The Labute approximate surface area is 58.1 Å². The lowest BCUT2D eigenvalue weighted by atomic mass is 9.98. The van der Waals surface area contributed by atoms with Gasteiger partial charge in [0.2, 0.25) is 0 Å². The van der Waals surface area contributed by atoms with Gasteiger partial charge in [-0.3, -0.25) is 0 Å². The molecule has 0 aromatic carbocycles. The Balaban J connectivity index is 1.86. The molecule has 2 fully saturated rings. The van der Waals surface area contributed by atoms with Crippen LogP contribution in [0.15, 0.2) is 0 Å². The summed E-state index contributed by atoms with van der Waals surface area (Å²) >= 11 is 0. The van der Waals surface area contributed by atoms with E-state index in [1.165, 1.54) is 12.8 Å². The molecular weight excluding hydrogens is 132 g/mol. The van der Waals surface area contributed by atoms with Crippen molar-refractivity contribution >= 4 is 10.5 Å². The van der Waals surface area contributed by atoms with E-state index < -0.39 is 0 Å². The number of hydrogen-bond donors (Lipinski definition) is 0. The van der Waals surface area contributed by atoms with Gasteiger partial charge in [0.25, 0.3) is 0 Å². The lowest BCUT2D eigenvalue weighted by Gasteiger charge is -2.16. The number of rotatable bonds is 1. The van der Waals surface area contributed by atoms with Crippen molar-refractivity contribution in [1.82, 2.24) is 0 Å². The molecular formula is C6H12O2Si. The van der Waals surface area contributed by atoms with E-state index in [-0.39, 0.29) is 0 Å². The number of epoxide rings is 1. The second-order valence-electron chi connectivity index (χ2n) is 2.88. The molecule has 1 aliphatic heterocycles. The molecule has 0 aromatic heterocycles. The van der Waals surface area contributed by atoms with Gasteiger partial charge >= 0.3 is 0 Å². The summed E-state index contributed by atoms with van der Waals surface area (Å²) < 4.78 is 10.7. The highest BCUT2D eigenvalue weighted by Crippen LogP contribution is 2.37. The highest BCUT2D eigenvalue weighted by molar-refractivity contribution is 5.98.